The lowest BCUT2D eigenvalue weighted by Crippen LogP contribution is -1.97. The van der Waals surface area contributed by atoms with Crippen molar-refractivity contribution in [3.63, 3.8) is 0 Å². The first-order chi connectivity index (χ1) is 9.72. The van der Waals surface area contributed by atoms with Crippen LogP contribution < -0.4 is 0 Å². The third-order valence-electron chi connectivity index (χ3n) is 3.05. The molecule has 0 unspecified atom stereocenters. The van der Waals surface area contributed by atoms with Crippen molar-refractivity contribution in [1.29, 1.82) is 0 Å². The molecular weight excluding hydrogens is 250 g/mol. The van der Waals surface area contributed by atoms with E-state index in [9.17, 15) is 4.79 Å². The average molecular weight is 263 g/mol. The van der Waals surface area contributed by atoms with E-state index in [1.807, 2.05) is 49.4 Å². The summed E-state index contributed by atoms with van der Waals surface area (Å²) in [5.74, 6) is 0.239. The minimum absolute atomic E-state index is 0.341. The normalized spacial score (nSPS) is 16.1. The maximum atomic E-state index is 11.9. The van der Waals surface area contributed by atoms with Crippen LogP contribution in [0.3, 0.4) is 0 Å². The molecule has 0 saturated carbocycles. The Balaban J connectivity index is 1.93. The molecule has 0 atom stereocenters. The molecule has 0 saturated heterocycles. The standard InChI is InChI=1S/C17H13NO2/c1-12-5-7-13(8-6-12)16-11-14(17(19)20-16)10-15-4-2-3-9-18-15/h2-11H,1H3. The summed E-state index contributed by atoms with van der Waals surface area (Å²) < 4.78 is 5.30. The number of nitrogens with zero attached hydrogens (tertiary/aromatic N) is 1. The fraction of sp³-hybridized carbons (Fsp3) is 0.0588. The highest BCUT2D eigenvalue weighted by Crippen LogP contribution is 2.27. The highest BCUT2D eigenvalue weighted by Gasteiger charge is 2.21. The predicted octanol–water partition coefficient (Wildman–Crippen LogP) is 3.37. The number of pyridine rings is 1. The fourth-order valence-corrected chi connectivity index (χ4v) is 1.97. The van der Waals surface area contributed by atoms with Gasteiger partial charge in [-0.3, -0.25) is 4.98 Å². The zero-order valence-corrected chi connectivity index (χ0v) is 11.0. The van der Waals surface area contributed by atoms with E-state index in [2.05, 4.69) is 4.98 Å². The van der Waals surface area contributed by atoms with E-state index in [1.165, 1.54) is 5.56 Å². The molecular formula is C17H13NO2. The van der Waals surface area contributed by atoms with E-state index in [1.54, 1.807) is 18.3 Å². The number of aryl methyl sites for hydroxylation is 1. The van der Waals surface area contributed by atoms with Gasteiger partial charge in [0, 0.05) is 11.8 Å². The van der Waals surface area contributed by atoms with Crippen LogP contribution in [-0.2, 0) is 9.53 Å². The van der Waals surface area contributed by atoms with Crippen molar-refractivity contribution in [3.05, 3.63) is 77.1 Å². The van der Waals surface area contributed by atoms with Gasteiger partial charge in [-0.15, -0.1) is 0 Å². The summed E-state index contributed by atoms with van der Waals surface area (Å²) >= 11 is 0. The van der Waals surface area contributed by atoms with Crippen LogP contribution in [-0.4, -0.2) is 11.0 Å². The number of benzene rings is 1. The Labute approximate surface area is 117 Å². The first-order valence-corrected chi connectivity index (χ1v) is 6.36. The molecule has 2 heterocycles. The number of rotatable bonds is 2. The average Bonchev–Trinajstić information content (AvgIpc) is 2.82. The van der Waals surface area contributed by atoms with E-state index in [-0.39, 0.29) is 5.97 Å². The van der Waals surface area contributed by atoms with Gasteiger partial charge >= 0.3 is 5.97 Å². The first kappa shape index (κ1) is 12.4. The SMILES string of the molecule is Cc1ccc(C2=CC(=Cc3ccccn3)C(=O)O2)cc1. The zero-order valence-electron chi connectivity index (χ0n) is 11.0. The second-order valence-electron chi connectivity index (χ2n) is 4.62. The molecule has 1 aromatic carbocycles. The van der Waals surface area contributed by atoms with E-state index in [4.69, 9.17) is 4.74 Å². The summed E-state index contributed by atoms with van der Waals surface area (Å²) in [5, 5.41) is 0. The Hall–Kier alpha value is -2.68. The van der Waals surface area contributed by atoms with Gasteiger partial charge in [-0.25, -0.2) is 4.79 Å². The maximum Gasteiger partial charge on any atom is 0.343 e. The molecule has 0 amide bonds. The Bertz CT molecular complexity index is 698. The summed E-state index contributed by atoms with van der Waals surface area (Å²) in [4.78, 5) is 16.0. The lowest BCUT2D eigenvalue weighted by atomic mass is 10.1. The van der Waals surface area contributed by atoms with Crippen molar-refractivity contribution in [1.82, 2.24) is 4.98 Å². The third kappa shape index (κ3) is 2.52. The van der Waals surface area contributed by atoms with Crippen LogP contribution in [0.1, 0.15) is 16.8 Å². The second-order valence-corrected chi connectivity index (χ2v) is 4.62. The summed E-state index contributed by atoms with van der Waals surface area (Å²) in [6.07, 6.45) is 5.17. The van der Waals surface area contributed by atoms with Gasteiger partial charge in [-0.05, 0) is 31.2 Å². The summed E-state index contributed by atoms with van der Waals surface area (Å²) in [6.45, 7) is 2.02. The molecule has 2 aromatic rings. The number of carbonyl (C=O) groups excluding carboxylic acids is 1. The van der Waals surface area contributed by atoms with Gasteiger partial charge in [0.15, 0.2) is 0 Å². The Morgan fingerprint density at radius 2 is 1.90 bits per heavy atom. The van der Waals surface area contributed by atoms with Crippen LogP contribution in [0.4, 0.5) is 0 Å². The number of carbonyl (C=O) groups is 1. The molecule has 1 aliphatic heterocycles. The van der Waals surface area contributed by atoms with Gasteiger partial charge < -0.3 is 4.74 Å². The Morgan fingerprint density at radius 1 is 1.10 bits per heavy atom. The molecule has 0 aliphatic carbocycles. The number of ether oxygens (including phenoxy) is 1. The maximum absolute atomic E-state index is 11.9. The van der Waals surface area contributed by atoms with E-state index in [0.29, 0.717) is 11.3 Å². The van der Waals surface area contributed by atoms with Crippen LogP contribution in [0.25, 0.3) is 11.8 Å². The van der Waals surface area contributed by atoms with Gasteiger partial charge in [0.05, 0.1) is 11.3 Å². The van der Waals surface area contributed by atoms with Crippen LogP contribution in [0, 0.1) is 6.92 Å². The monoisotopic (exact) mass is 263 g/mol. The molecule has 0 N–H and O–H groups in total. The predicted molar refractivity (Wildman–Crippen MR) is 77.5 cm³/mol. The molecule has 3 rings (SSSR count). The summed E-state index contributed by atoms with van der Waals surface area (Å²) in [5.41, 5.74) is 3.32. The minimum Gasteiger partial charge on any atom is -0.422 e. The molecule has 0 bridgehead atoms. The van der Waals surface area contributed by atoms with E-state index in [0.717, 1.165) is 11.3 Å². The lowest BCUT2D eigenvalue weighted by Gasteiger charge is -2.01. The number of esters is 1. The smallest absolute Gasteiger partial charge is 0.343 e. The summed E-state index contributed by atoms with van der Waals surface area (Å²) in [7, 11) is 0. The topological polar surface area (TPSA) is 39.2 Å². The third-order valence-corrected chi connectivity index (χ3v) is 3.05. The molecule has 20 heavy (non-hydrogen) atoms. The lowest BCUT2D eigenvalue weighted by molar-refractivity contribution is -0.130. The van der Waals surface area contributed by atoms with Crippen molar-refractivity contribution < 1.29 is 9.53 Å². The van der Waals surface area contributed by atoms with Gasteiger partial charge in [0.2, 0.25) is 0 Å². The molecule has 98 valence electrons. The van der Waals surface area contributed by atoms with Crippen LogP contribution in [0.15, 0.2) is 60.3 Å². The van der Waals surface area contributed by atoms with Gasteiger partial charge in [0.1, 0.15) is 5.76 Å². The molecule has 1 aromatic heterocycles. The largest absolute Gasteiger partial charge is 0.422 e. The molecule has 0 fully saturated rings. The van der Waals surface area contributed by atoms with Crippen molar-refractivity contribution in [2.75, 3.05) is 0 Å². The number of cyclic esters (lactones) is 1. The number of aromatic nitrogens is 1. The van der Waals surface area contributed by atoms with E-state index < -0.39 is 0 Å². The molecule has 0 spiro atoms. The Morgan fingerprint density at radius 3 is 2.60 bits per heavy atom. The van der Waals surface area contributed by atoms with Crippen LogP contribution >= 0.6 is 0 Å². The zero-order chi connectivity index (χ0) is 13.9. The number of hydrogen-bond donors (Lipinski definition) is 0. The van der Waals surface area contributed by atoms with Crippen molar-refractivity contribution in [2.24, 2.45) is 0 Å². The second kappa shape index (κ2) is 5.13. The highest BCUT2D eigenvalue weighted by atomic mass is 16.5. The highest BCUT2D eigenvalue weighted by molar-refractivity contribution is 6.04. The van der Waals surface area contributed by atoms with Crippen LogP contribution in [0.2, 0.25) is 0 Å². The molecule has 1 aliphatic rings. The van der Waals surface area contributed by atoms with E-state index >= 15 is 0 Å². The fourth-order valence-electron chi connectivity index (χ4n) is 1.97. The van der Waals surface area contributed by atoms with Crippen molar-refractivity contribution >= 4 is 17.8 Å². The first-order valence-electron chi connectivity index (χ1n) is 6.36. The number of hydrogen-bond acceptors (Lipinski definition) is 3. The van der Waals surface area contributed by atoms with Crippen molar-refractivity contribution in [3.8, 4) is 0 Å². The molecule has 3 nitrogen and oxygen atoms in total. The summed E-state index contributed by atoms with van der Waals surface area (Å²) in [6, 6.07) is 13.4. The quantitative estimate of drug-likeness (QED) is 0.616. The van der Waals surface area contributed by atoms with Gasteiger partial charge in [0.25, 0.3) is 0 Å². The van der Waals surface area contributed by atoms with Crippen molar-refractivity contribution in [2.45, 2.75) is 6.92 Å². The van der Waals surface area contributed by atoms with Crippen LogP contribution in [0.5, 0.6) is 0 Å². The minimum atomic E-state index is -0.341. The molecule has 0 radical (unpaired) electrons. The van der Waals surface area contributed by atoms with Gasteiger partial charge in [-0.2, -0.15) is 0 Å². The van der Waals surface area contributed by atoms with Gasteiger partial charge in [-0.1, -0.05) is 35.9 Å². The molecule has 3 heteroatoms. The Kier molecular flexibility index (Phi) is 3.17.